The summed E-state index contributed by atoms with van der Waals surface area (Å²) >= 11 is 0. The molecule has 124 valence electrons. The van der Waals surface area contributed by atoms with Crippen LogP contribution < -0.4 is 10.5 Å². The van der Waals surface area contributed by atoms with E-state index in [4.69, 9.17) is 10.5 Å². The molecule has 0 fully saturated rings. The van der Waals surface area contributed by atoms with Crippen molar-refractivity contribution in [1.82, 2.24) is 0 Å². The van der Waals surface area contributed by atoms with E-state index in [1.165, 1.54) is 6.07 Å². The standard InChI is InChI=1S/C13H11FO.C5H11NO2/c14-12-8-4-5-9-13(12)15-10-11-6-2-1-3-7-11;1-2-8-5(7)3-4-6/h1-9H,10H2;2-4,6H2,1H3. The van der Waals surface area contributed by atoms with Crippen LogP contribution in [0.2, 0.25) is 0 Å². The van der Waals surface area contributed by atoms with Gasteiger partial charge < -0.3 is 15.2 Å². The summed E-state index contributed by atoms with van der Waals surface area (Å²) in [5.41, 5.74) is 6.09. The third-order valence-electron chi connectivity index (χ3n) is 2.73. The fourth-order valence-electron chi connectivity index (χ4n) is 1.65. The second-order valence-electron chi connectivity index (χ2n) is 4.55. The van der Waals surface area contributed by atoms with E-state index in [1.54, 1.807) is 25.1 Å². The third-order valence-corrected chi connectivity index (χ3v) is 2.73. The van der Waals surface area contributed by atoms with Crippen molar-refractivity contribution >= 4 is 5.97 Å². The Morgan fingerprint density at radius 2 is 1.74 bits per heavy atom. The Morgan fingerprint density at radius 1 is 1.09 bits per heavy atom. The highest BCUT2D eigenvalue weighted by atomic mass is 19.1. The first-order valence-electron chi connectivity index (χ1n) is 7.44. The molecule has 0 amide bonds. The highest BCUT2D eigenvalue weighted by Gasteiger charge is 2.00. The van der Waals surface area contributed by atoms with Crippen LogP contribution in [0.5, 0.6) is 5.75 Å². The van der Waals surface area contributed by atoms with E-state index in [2.05, 4.69) is 4.74 Å². The average molecular weight is 319 g/mol. The lowest BCUT2D eigenvalue weighted by Crippen LogP contribution is -2.10. The molecule has 2 aromatic rings. The minimum atomic E-state index is -0.326. The van der Waals surface area contributed by atoms with Gasteiger partial charge >= 0.3 is 5.97 Å². The zero-order chi connectivity index (χ0) is 16.9. The highest BCUT2D eigenvalue weighted by molar-refractivity contribution is 5.69. The van der Waals surface area contributed by atoms with E-state index in [9.17, 15) is 9.18 Å². The van der Waals surface area contributed by atoms with Crippen LogP contribution >= 0.6 is 0 Å². The summed E-state index contributed by atoms with van der Waals surface area (Å²) in [6, 6.07) is 16.1. The minimum absolute atomic E-state index is 0.213. The molecule has 0 spiro atoms. The van der Waals surface area contributed by atoms with E-state index >= 15 is 0 Å². The molecule has 2 N–H and O–H groups in total. The van der Waals surface area contributed by atoms with Gasteiger partial charge in [0, 0.05) is 6.54 Å². The molecule has 4 nitrogen and oxygen atoms in total. The zero-order valence-corrected chi connectivity index (χ0v) is 13.2. The normalized spacial score (nSPS) is 9.52. The minimum Gasteiger partial charge on any atom is -0.486 e. The Kier molecular flexibility index (Phi) is 9.09. The van der Waals surface area contributed by atoms with Crippen molar-refractivity contribution in [2.24, 2.45) is 5.73 Å². The number of nitrogens with two attached hydrogens (primary N) is 1. The molecular formula is C18H22FNO3. The first-order valence-corrected chi connectivity index (χ1v) is 7.44. The average Bonchev–Trinajstić information content (AvgIpc) is 2.56. The zero-order valence-electron chi connectivity index (χ0n) is 13.2. The molecule has 0 aliphatic carbocycles. The lowest BCUT2D eigenvalue weighted by Gasteiger charge is -2.06. The molecule has 0 heterocycles. The number of esters is 1. The van der Waals surface area contributed by atoms with Gasteiger partial charge in [0.05, 0.1) is 13.0 Å². The molecule has 0 radical (unpaired) electrons. The number of ether oxygens (including phenoxy) is 2. The van der Waals surface area contributed by atoms with Crippen molar-refractivity contribution in [3.8, 4) is 5.75 Å². The predicted molar refractivity (Wildman–Crippen MR) is 87.5 cm³/mol. The number of hydrogen-bond acceptors (Lipinski definition) is 4. The van der Waals surface area contributed by atoms with Gasteiger partial charge in [0.1, 0.15) is 6.61 Å². The molecule has 0 aliphatic rings. The maximum Gasteiger partial charge on any atom is 0.307 e. The van der Waals surface area contributed by atoms with Gasteiger partial charge in [0.15, 0.2) is 11.6 Å². The molecule has 2 aromatic carbocycles. The third kappa shape index (κ3) is 7.97. The Labute approximate surface area is 136 Å². The van der Waals surface area contributed by atoms with E-state index in [0.717, 1.165) is 5.56 Å². The van der Waals surface area contributed by atoms with Gasteiger partial charge in [-0.3, -0.25) is 4.79 Å². The summed E-state index contributed by atoms with van der Waals surface area (Å²) in [4.78, 5) is 10.3. The second-order valence-corrected chi connectivity index (χ2v) is 4.55. The van der Waals surface area contributed by atoms with Crippen LogP contribution in [0.1, 0.15) is 18.9 Å². The number of carbonyl (C=O) groups excluding carboxylic acids is 1. The van der Waals surface area contributed by atoms with Crippen molar-refractivity contribution < 1.29 is 18.7 Å². The fourth-order valence-corrected chi connectivity index (χ4v) is 1.65. The quantitative estimate of drug-likeness (QED) is 0.830. The molecule has 0 saturated heterocycles. The Balaban J connectivity index is 0.000000284. The van der Waals surface area contributed by atoms with Crippen LogP contribution in [0.25, 0.3) is 0 Å². The molecule has 0 aliphatic heterocycles. The van der Waals surface area contributed by atoms with Crippen molar-refractivity contribution in [3.05, 3.63) is 66.0 Å². The van der Waals surface area contributed by atoms with Crippen LogP contribution in [-0.2, 0) is 16.1 Å². The van der Waals surface area contributed by atoms with Crippen LogP contribution in [0.15, 0.2) is 54.6 Å². The Morgan fingerprint density at radius 3 is 2.35 bits per heavy atom. The first-order chi connectivity index (χ1) is 11.2. The van der Waals surface area contributed by atoms with Crippen molar-refractivity contribution in [2.45, 2.75) is 20.0 Å². The molecule has 0 saturated carbocycles. The molecule has 0 bridgehead atoms. The van der Waals surface area contributed by atoms with Crippen LogP contribution in [0.4, 0.5) is 4.39 Å². The highest BCUT2D eigenvalue weighted by Crippen LogP contribution is 2.16. The van der Waals surface area contributed by atoms with Gasteiger partial charge in [-0.1, -0.05) is 42.5 Å². The van der Waals surface area contributed by atoms with Gasteiger partial charge in [-0.25, -0.2) is 4.39 Å². The first kappa shape index (κ1) is 18.6. The number of halogens is 1. The fraction of sp³-hybridized carbons (Fsp3) is 0.278. The van der Waals surface area contributed by atoms with E-state index < -0.39 is 0 Å². The number of benzene rings is 2. The van der Waals surface area contributed by atoms with Crippen molar-refractivity contribution in [1.29, 1.82) is 0 Å². The Bertz CT molecular complexity index is 567. The number of para-hydroxylation sites is 1. The van der Waals surface area contributed by atoms with Gasteiger partial charge in [-0.15, -0.1) is 0 Å². The largest absolute Gasteiger partial charge is 0.486 e. The molecule has 0 atom stereocenters. The second kappa shape index (κ2) is 11.2. The van der Waals surface area contributed by atoms with Crippen LogP contribution in [0, 0.1) is 5.82 Å². The summed E-state index contributed by atoms with van der Waals surface area (Å²) in [6.45, 7) is 2.98. The van der Waals surface area contributed by atoms with Crippen LogP contribution in [-0.4, -0.2) is 19.1 Å². The van der Waals surface area contributed by atoms with Crippen LogP contribution in [0.3, 0.4) is 0 Å². The lowest BCUT2D eigenvalue weighted by atomic mass is 10.2. The summed E-state index contributed by atoms with van der Waals surface area (Å²) in [6.07, 6.45) is 0.327. The predicted octanol–water partition coefficient (Wildman–Crippen LogP) is 3.30. The molecule has 0 unspecified atom stereocenters. The molecule has 2 rings (SSSR count). The SMILES string of the molecule is CCOC(=O)CCN.Fc1ccccc1OCc1ccccc1. The topological polar surface area (TPSA) is 61.5 Å². The van der Waals surface area contributed by atoms with E-state index in [1.807, 2.05) is 30.3 Å². The Hall–Kier alpha value is -2.40. The number of hydrogen-bond donors (Lipinski definition) is 1. The van der Waals surface area contributed by atoms with E-state index in [0.29, 0.717) is 31.9 Å². The molecule has 5 heteroatoms. The summed E-state index contributed by atoms with van der Waals surface area (Å²) in [5, 5.41) is 0. The van der Waals surface area contributed by atoms with Gasteiger partial charge in [-0.2, -0.15) is 0 Å². The molecule has 23 heavy (non-hydrogen) atoms. The molecule has 0 aromatic heterocycles. The van der Waals surface area contributed by atoms with Gasteiger partial charge in [-0.05, 0) is 24.6 Å². The van der Waals surface area contributed by atoms with Crippen molar-refractivity contribution in [3.63, 3.8) is 0 Å². The maximum absolute atomic E-state index is 13.2. The van der Waals surface area contributed by atoms with Crippen molar-refractivity contribution in [2.75, 3.05) is 13.2 Å². The summed E-state index contributed by atoms with van der Waals surface area (Å²) < 4.78 is 23.1. The summed E-state index contributed by atoms with van der Waals surface area (Å²) in [7, 11) is 0. The maximum atomic E-state index is 13.2. The van der Waals surface area contributed by atoms with Gasteiger partial charge in [0.2, 0.25) is 0 Å². The molecular weight excluding hydrogens is 297 g/mol. The smallest absolute Gasteiger partial charge is 0.307 e. The van der Waals surface area contributed by atoms with Gasteiger partial charge in [0.25, 0.3) is 0 Å². The number of rotatable bonds is 6. The lowest BCUT2D eigenvalue weighted by molar-refractivity contribution is -0.142. The summed E-state index contributed by atoms with van der Waals surface area (Å²) in [5.74, 6) is -0.246. The number of carbonyl (C=O) groups is 1. The monoisotopic (exact) mass is 319 g/mol. The van der Waals surface area contributed by atoms with E-state index in [-0.39, 0.29) is 11.8 Å².